The van der Waals surface area contributed by atoms with Gasteiger partial charge in [-0.1, -0.05) is 18.5 Å². The monoisotopic (exact) mass is 224 g/mol. The van der Waals surface area contributed by atoms with E-state index in [2.05, 4.69) is 27.3 Å². The van der Waals surface area contributed by atoms with Crippen LogP contribution in [0.25, 0.3) is 0 Å². The van der Waals surface area contributed by atoms with Crippen molar-refractivity contribution in [2.24, 2.45) is 0 Å². The molecule has 0 aromatic carbocycles. The molecule has 1 aromatic rings. The first-order valence-corrected chi connectivity index (χ1v) is 6.03. The second-order valence-electron chi connectivity index (χ2n) is 4.41. The molecule has 1 fully saturated rings. The Morgan fingerprint density at radius 1 is 1.56 bits per heavy atom. The average Bonchev–Trinajstić information content (AvgIpc) is 2.65. The van der Waals surface area contributed by atoms with E-state index in [0.717, 1.165) is 37.9 Å². The fourth-order valence-corrected chi connectivity index (χ4v) is 2.18. The molecule has 1 aromatic heterocycles. The maximum atomic E-state index is 5.14. The molecule has 0 saturated carbocycles. The van der Waals surface area contributed by atoms with E-state index in [1.165, 1.54) is 12.8 Å². The minimum Gasteiger partial charge on any atom is -0.338 e. The van der Waals surface area contributed by atoms with Gasteiger partial charge in [0.25, 0.3) is 0 Å². The lowest BCUT2D eigenvalue weighted by molar-refractivity contribution is 0.167. The maximum Gasteiger partial charge on any atom is 0.240 e. The zero-order valence-electron chi connectivity index (χ0n) is 10.1. The van der Waals surface area contributed by atoms with Gasteiger partial charge in [-0.05, 0) is 13.3 Å². The van der Waals surface area contributed by atoms with Gasteiger partial charge < -0.3 is 9.84 Å². The smallest absolute Gasteiger partial charge is 0.240 e. The Kier molecular flexibility index (Phi) is 3.90. The fraction of sp³-hybridized carbons (Fsp3) is 0.818. The van der Waals surface area contributed by atoms with Crippen molar-refractivity contribution in [2.75, 3.05) is 19.6 Å². The van der Waals surface area contributed by atoms with E-state index in [1.54, 1.807) is 0 Å². The molecule has 5 heteroatoms. The lowest BCUT2D eigenvalue weighted by atomic mass is 10.1. The summed E-state index contributed by atoms with van der Waals surface area (Å²) in [5, 5.41) is 7.34. The van der Waals surface area contributed by atoms with Crippen molar-refractivity contribution in [1.29, 1.82) is 0 Å². The van der Waals surface area contributed by atoms with Crippen LogP contribution in [0.1, 0.15) is 31.5 Å². The number of nitrogens with zero attached hydrogens (tertiary/aromatic N) is 3. The second kappa shape index (κ2) is 5.41. The molecule has 0 spiro atoms. The van der Waals surface area contributed by atoms with Crippen LogP contribution in [0.3, 0.4) is 0 Å². The van der Waals surface area contributed by atoms with Gasteiger partial charge in [-0.15, -0.1) is 0 Å². The highest BCUT2D eigenvalue weighted by Gasteiger charge is 2.20. The second-order valence-corrected chi connectivity index (χ2v) is 4.41. The highest BCUT2D eigenvalue weighted by molar-refractivity contribution is 4.86. The summed E-state index contributed by atoms with van der Waals surface area (Å²) in [5.74, 6) is 1.45. The normalized spacial score (nSPS) is 22.5. The quantitative estimate of drug-likeness (QED) is 0.825. The Hall–Kier alpha value is -0.940. The highest BCUT2D eigenvalue weighted by atomic mass is 16.5. The van der Waals surface area contributed by atoms with E-state index in [1.807, 2.05) is 6.92 Å². The lowest BCUT2D eigenvalue weighted by Crippen LogP contribution is -2.50. The molecule has 0 radical (unpaired) electrons. The van der Waals surface area contributed by atoms with Crippen molar-refractivity contribution in [3.05, 3.63) is 11.7 Å². The van der Waals surface area contributed by atoms with E-state index < -0.39 is 0 Å². The zero-order chi connectivity index (χ0) is 11.4. The van der Waals surface area contributed by atoms with E-state index >= 15 is 0 Å². The number of hydrogen-bond donors (Lipinski definition) is 1. The zero-order valence-corrected chi connectivity index (χ0v) is 10.1. The summed E-state index contributed by atoms with van der Waals surface area (Å²) < 4.78 is 5.14. The number of rotatable bonds is 4. The van der Waals surface area contributed by atoms with Crippen LogP contribution in [-0.2, 0) is 6.54 Å². The Morgan fingerprint density at radius 3 is 3.12 bits per heavy atom. The molecule has 90 valence electrons. The lowest BCUT2D eigenvalue weighted by Gasteiger charge is -2.32. The standard InChI is InChI=1S/C11H20N4O/c1-3-4-10-7-15(6-5-12-10)8-11-13-9(2)14-16-11/h10,12H,3-8H2,1-2H3. The van der Waals surface area contributed by atoms with Gasteiger partial charge in [0.2, 0.25) is 5.89 Å². The molecule has 1 atom stereocenters. The summed E-state index contributed by atoms with van der Waals surface area (Å²) in [5.41, 5.74) is 0. The van der Waals surface area contributed by atoms with Crippen molar-refractivity contribution >= 4 is 0 Å². The first-order chi connectivity index (χ1) is 7.78. The Morgan fingerprint density at radius 2 is 2.44 bits per heavy atom. The molecule has 5 nitrogen and oxygen atoms in total. The number of aryl methyl sites for hydroxylation is 1. The largest absolute Gasteiger partial charge is 0.338 e. The number of hydrogen-bond acceptors (Lipinski definition) is 5. The van der Waals surface area contributed by atoms with Crippen LogP contribution in [0.15, 0.2) is 4.52 Å². The van der Waals surface area contributed by atoms with Crippen LogP contribution >= 0.6 is 0 Å². The summed E-state index contributed by atoms with van der Waals surface area (Å²) >= 11 is 0. The first kappa shape index (κ1) is 11.5. The van der Waals surface area contributed by atoms with Crippen molar-refractivity contribution in [2.45, 2.75) is 39.3 Å². The topological polar surface area (TPSA) is 54.2 Å². The Labute approximate surface area is 96.2 Å². The molecule has 1 aliphatic rings. The molecular weight excluding hydrogens is 204 g/mol. The molecule has 0 aliphatic carbocycles. The molecule has 0 bridgehead atoms. The van der Waals surface area contributed by atoms with Crippen LogP contribution in [0.5, 0.6) is 0 Å². The third-order valence-electron chi connectivity index (χ3n) is 2.91. The van der Waals surface area contributed by atoms with Gasteiger partial charge in [-0.25, -0.2) is 0 Å². The molecule has 16 heavy (non-hydrogen) atoms. The summed E-state index contributed by atoms with van der Waals surface area (Å²) in [7, 11) is 0. The molecule has 1 N–H and O–H groups in total. The van der Waals surface area contributed by atoms with Gasteiger partial charge in [0.1, 0.15) is 0 Å². The van der Waals surface area contributed by atoms with Crippen LogP contribution < -0.4 is 5.32 Å². The molecule has 0 amide bonds. The van der Waals surface area contributed by atoms with E-state index in [-0.39, 0.29) is 0 Å². The Bertz CT molecular complexity index is 324. The fourth-order valence-electron chi connectivity index (χ4n) is 2.18. The van der Waals surface area contributed by atoms with Gasteiger partial charge in [0.15, 0.2) is 5.82 Å². The van der Waals surface area contributed by atoms with Gasteiger partial charge in [-0.2, -0.15) is 4.98 Å². The van der Waals surface area contributed by atoms with Crippen LogP contribution in [0, 0.1) is 6.92 Å². The van der Waals surface area contributed by atoms with Crippen LogP contribution in [0.2, 0.25) is 0 Å². The third kappa shape index (κ3) is 3.02. The van der Waals surface area contributed by atoms with Crippen molar-refractivity contribution < 1.29 is 4.52 Å². The van der Waals surface area contributed by atoms with Crippen LogP contribution in [0.4, 0.5) is 0 Å². The van der Waals surface area contributed by atoms with E-state index in [9.17, 15) is 0 Å². The van der Waals surface area contributed by atoms with Crippen molar-refractivity contribution in [1.82, 2.24) is 20.4 Å². The van der Waals surface area contributed by atoms with E-state index in [4.69, 9.17) is 4.52 Å². The predicted molar refractivity (Wildman–Crippen MR) is 61.0 cm³/mol. The van der Waals surface area contributed by atoms with Gasteiger partial charge in [0.05, 0.1) is 6.54 Å². The third-order valence-corrected chi connectivity index (χ3v) is 2.91. The van der Waals surface area contributed by atoms with Gasteiger partial charge in [0, 0.05) is 25.7 Å². The summed E-state index contributed by atoms with van der Waals surface area (Å²) in [6.45, 7) is 8.05. The number of piperazine rings is 1. The molecule has 2 heterocycles. The minimum absolute atomic E-state index is 0.614. The van der Waals surface area contributed by atoms with E-state index in [0.29, 0.717) is 6.04 Å². The highest BCUT2D eigenvalue weighted by Crippen LogP contribution is 2.08. The first-order valence-electron chi connectivity index (χ1n) is 6.03. The molecule has 2 rings (SSSR count). The molecular formula is C11H20N4O. The van der Waals surface area contributed by atoms with Gasteiger partial charge >= 0.3 is 0 Å². The Balaban J connectivity index is 1.85. The van der Waals surface area contributed by atoms with Crippen molar-refractivity contribution in [3.63, 3.8) is 0 Å². The predicted octanol–water partition coefficient (Wildman–Crippen LogP) is 0.952. The SMILES string of the molecule is CCCC1CN(Cc2nc(C)no2)CCN1. The summed E-state index contributed by atoms with van der Waals surface area (Å²) in [6.07, 6.45) is 2.46. The average molecular weight is 224 g/mol. The molecule has 1 unspecified atom stereocenters. The van der Waals surface area contributed by atoms with Crippen molar-refractivity contribution in [3.8, 4) is 0 Å². The summed E-state index contributed by atoms with van der Waals surface area (Å²) in [6, 6.07) is 0.614. The number of aromatic nitrogens is 2. The maximum absolute atomic E-state index is 5.14. The molecule has 1 aliphatic heterocycles. The number of nitrogens with one attached hydrogen (secondary N) is 1. The minimum atomic E-state index is 0.614. The van der Waals surface area contributed by atoms with Crippen LogP contribution in [-0.4, -0.2) is 40.7 Å². The molecule has 1 saturated heterocycles. The summed E-state index contributed by atoms with van der Waals surface area (Å²) in [4.78, 5) is 6.61. The van der Waals surface area contributed by atoms with Gasteiger partial charge in [-0.3, -0.25) is 4.90 Å².